The molecule has 1 aliphatic rings. The third-order valence-corrected chi connectivity index (χ3v) is 4.06. The van der Waals surface area contributed by atoms with Crippen LogP contribution >= 0.6 is 0 Å². The standard InChI is InChI=1S/C20H27NO3/c1-3-7-17-10-11-18(19(14-17)23-2)24-15-20(22)21-13-12-16-8-5-4-6-9-16/h3,7-8,10-11,14H,4-6,9,12-13,15H2,1-2H3,(H,21,22)/b7-3+. The Morgan fingerprint density at radius 3 is 2.88 bits per heavy atom. The van der Waals surface area contributed by atoms with E-state index in [2.05, 4.69) is 11.4 Å². The third-order valence-electron chi connectivity index (χ3n) is 4.06. The van der Waals surface area contributed by atoms with Gasteiger partial charge < -0.3 is 14.8 Å². The van der Waals surface area contributed by atoms with E-state index < -0.39 is 0 Å². The number of rotatable bonds is 8. The Labute approximate surface area is 144 Å². The third kappa shape index (κ3) is 5.76. The van der Waals surface area contributed by atoms with Crippen molar-refractivity contribution in [2.45, 2.75) is 39.0 Å². The van der Waals surface area contributed by atoms with E-state index in [0.717, 1.165) is 12.0 Å². The molecule has 0 aromatic heterocycles. The minimum Gasteiger partial charge on any atom is -0.493 e. The molecule has 0 heterocycles. The van der Waals surface area contributed by atoms with E-state index in [0.29, 0.717) is 18.0 Å². The van der Waals surface area contributed by atoms with Crippen LogP contribution in [0.2, 0.25) is 0 Å². The van der Waals surface area contributed by atoms with Crippen LogP contribution in [0.5, 0.6) is 11.5 Å². The first-order valence-electron chi connectivity index (χ1n) is 8.61. The van der Waals surface area contributed by atoms with E-state index in [-0.39, 0.29) is 12.5 Å². The number of hydrogen-bond acceptors (Lipinski definition) is 3. The van der Waals surface area contributed by atoms with Crippen LogP contribution in [0.4, 0.5) is 0 Å². The van der Waals surface area contributed by atoms with Gasteiger partial charge in [-0.25, -0.2) is 0 Å². The van der Waals surface area contributed by atoms with Gasteiger partial charge >= 0.3 is 0 Å². The number of amides is 1. The van der Waals surface area contributed by atoms with Crippen LogP contribution in [0.15, 0.2) is 35.9 Å². The molecule has 1 amide bonds. The monoisotopic (exact) mass is 329 g/mol. The Balaban J connectivity index is 1.77. The summed E-state index contributed by atoms with van der Waals surface area (Å²) in [7, 11) is 1.60. The molecule has 2 rings (SSSR count). The zero-order chi connectivity index (χ0) is 17.2. The topological polar surface area (TPSA) is 47.6 Å². The zero-order valence-corrected chi connectivity index (χ0v) is 14.6. The van der Waals surface area contributed by atoms with Gasteiger partial charge in [0.2, 0.25) is 0 Å². The van der Waals surface area contributed by atoms with Crippen molar-refractivity contribution in [3.8, 4) is 11.5 Å². The maximum Gasteiger partial charge on any atom is 0.257 e. The molecule has 0 atom stereocenters. The highest BCUT2D eigenvalue weighted by molar-refractivity contribution is 5.77. The molecule has 0 unspecified atom stereocenters. The number of methoxy groups -OCH3 is 1. The van der Waals surface area contributed by atoms with E-state index in [1.54, 1.807) is 7.11 Å². The molecule has 1 N–H and O–H groups in total. The molecule has 4 heteroatoms. The molecule has 0 spiro atoms. The number of allylic oxidation sites excluding steroid dienone is 2. The van der Waals surface area contributed by atoms with E-state index >= 15 is 0 Å². The molecule has 130 valence electrons. The van der Waals surface area contributed by atoms with Crippen LogP contribution in [0.25, 0.3) is 6.08 Å². The van der Waals surface area contributed by atoms with Crippen LogP contribution in [0.3, 0.4) is 0 Å². The number of benzene rings is 1. The van der Waals surface area contributed by atoms with Gasteiger partial charge in [-0.05, 0) is 56.7 Å². The van der Waals surface area contributed by atoms with Crippen LogP contribution < -0.4 is 14.8 Å². The molecule has 0 aliphatic heterocycles. The van der Waals surface area contributed by atoms with Gasteiger partial charge in [0.25, 0.3) is 5.91 Å². The summed E-state index contributed by atoms with van der Waals surface area (Å²) in [6.45, 7) is 2.63. The number of carbonyl (C=O) groups excluding carboxylic acids is 1. The van der Waals surface area contributed by atoms with Gasteiger partial charge in [-0.1, -0.05) is 29.9 Å². The Morgan fingerprint density at radius 1 is 1.29 bits per heavy atom. The van der Waals surface area contributed by atoms with Crippen LogP contribution in [0.1, 0.15) is 44.6 Å². The fourth-order valence-electron chi connectivity index (χ4n) is 2.79. The van der Waals surface area contributed by atoms with E-state index in [1.807, 2.05) is 37.3 Å². The first-order chi connectivity index (χ1) is 11.7. The van der Waals surface area contributed by atoms with Gasteiger partial charge in [-0.3, -0.25) is 4.79 Å². The lowest BCUT2D eigenvalue weighted by atomic mass is 9.97. The number of hydrogen-bond donors (Lipinski definition) is 1. The van der Waals surface area contributed by atoms with Crippen LogP contribution in [-0.2, 0) is 4.79 Å². The molecule has 1 aromatic carbocycles. The summed E-state index contributed by atoms with van der Waals surface area (Å²) in [6, 6.07) is 5.66. The van der Waals surface area contributed by atoms with Gasteiger partial charge in [0.1, 0.15) is 0 Å². The number of carbonyl (C=O) groups is 1. The summed E-state index contributed by atoms with van der Waals surface area (Å²) in [6.07, 6.45) is 12.1. The van der Waals surface area contributed by atoms with Crippen LogP contribution in [0, 0.1) is 0 Å². The highest BCUT2D eigenvalue weighted by Crippen LogP contribution is 2.28. The first kappa shape index (κ1) is 18.1. The molecule has 0 fully saturated rings. The maximum absolute atomic E-state index is 11.9. The highest BCUT2D eigenvalue weighted by Gasteiger charge is 2.09. The lowest BCUT2D eigenvalue weighted by Crippen LogP contribution is -2.30. The average Bonchev–Trinajstić information content (AvgIpc) is 2.61. The number of ether oxygens (including phenoxy) is 2. The molecule has 0 saturated heterocycles. The SMILES string of the molecule is C/C=C/c1ccc(OCC(=O)NCCC2=CCCCC2)c(OC)c1. The second-order valence-electron chi connectivity index (χ2n) is 5.91. The highest BCUT2D eigenvalue weighted by atomic mass is 16.5. The van der Waals surface area contributed by atoms with Crippen molar-refractivity contribution in [3.63, 3.8) is 0 Å². The molecular weight excluding hydrogens is 302 g/mol. The summed E-state index contributed by atoms with van der Waals surface area (Å²) in [4.78, 5) is 11.9. The summed E-state index contributed by atoms with van der Waals surface area (Å²) in [5, 5.41) is 2.91. The summed E-state index contributed by atoms with van der Waals surface area (Å²) >= 11 is 0. The smallest absolute Gasteiger partial charge is 0.257 e. The van der Waals surface area contributed by atoms with Gasteiger partial charge in [-0.15, -0.1) is 0 Å². The Morgan fingerprint density at radius 2 is 2.17 bits per heavy atom. The predicted octanol–water partition coefficient (Wildman–Crippen LogP) is 4.11. The summed E-state index contributed by atoms with van der Waals surface area (Å²) in [5.74, 6) is 1.10. The zero-order valence-electron chi connectivity index (χ0n) is 14.6. The van der Waals surface area contributed by atoms with Crippen molar-refractivity contribution in [3.05, 3.63) is 41.5 Å². The molecular formula is C20H27NO3. The van der Waals surface area contributed by atoms with Crippen LogP contribution in [-0.4, -0.2) is 26.2 Å². The van der Waals surface area contributed by atoms with E-state index in [9.17, 15) is 4.79 Å². The van der Waals surface area contributed by atoms with Crippen molar-refractivity contribution in [1.29, 1.82) is 0 Å². The summed E-state index contributed by atoms with van der Waals surface area (Å²) < 4.78 is 10.9. The normalized spacial score (nSPS) is 14.3. The predicted molar refractivity (Wildman–Crippen MR) is 97.4 cm³/mol. The van der Waals surface area contributed by atoms with Gasteiger partial charge in [0, 0.05) is 6.54 Å². The largest absolute Gasteiger partial charge is 0.493 e. The van der Waals surface area contributed by atoms with Crippen molar-refractivity contribution < 1.29 is 14.3 Å². The Bertz CT molecular complexity index is 605. The van der Waals surface area contributed by atoms with Crippen molar-refractivity contribution >= 4 is 12.0 Å². The Hall–Kier alpha value is -2.23. The molecule has 0 radical (unpaired) electrons. The molecule has 0 saturated carbocycles. The minimum absolute atomic E-state index is 0.00162. The lowest BCUT2D eigenvalue weighted by molar-refractivity contribution is -0.123. The van der Waals surface area contributed by atoms with E-state index in [1.165, 1.54) is 31.3 Å². The van der Waals surface area contributed by atoms with Crippen molar-refractivity contribution in [1.82, 2.24) is 5.32 Å². The number of nitrogens with one attached hydrogen (secondary N) is 1. The Kier molecular flexibility index (Phi) is 7.40. The fraction of sp³-hybridized carbons (Fsp3) is 0.450. The van der Waals surface area contributed by atoms with Crippen molar-refractivity contribution in [2.24, 2.45) is 0 Å². The van der Waals surface area contributed by atoms with Gasteiger partial charge in [-0.2, -0.15) is 0 Å². The molecule has 0 bridgehead atoms. The molecule has 4 nitrogen and oxygen atoms in total. The molecule has 1 aromatic rings. The fourth-order valence-corrected chi connectivity index (χ4v) is 2.79. The second-order valence-corrected chi connectivity index (χ2v) is 5.91. The molecule has 24 heavy (non-hydrogen) atoms. The maximum atomic E-state index is 11.9. The average molecular weight is 329 g/mol. The summed E-state index contributed by atoms with van der Waals surface area (Å²) in [5.41, 5.74) is 2.50. The minimum atomic E-state index is -0.106. The lowest BCUT2D eigenvalue weighted by Gasteiger charge is -2.14. The van der Waals surface area contributed by atoms with Crippen molar-refractivity contribution in [2.75, 3.05) is 20.3 Å². The van der Waals surface area contributed by atoms with E-state index in [4.69, 9.17) is 9.47 Å². The molecule has 1 aliphatic carbocycles. The second kappa shape index (κ2) is 9.81. The quantitative estimate of drug-likeness (QED) is 0.730. The van der Waals surface area contributed by atoms with Gasteiger partial charge in [0.05, 0.1) is 7.11 Å². The van der Waals surface area contributed by atoms with Gasteiger partial charge in [0.15, 0.2) is 18.1 Å². The first-order valence-corrected chi connectivity index (χ1v) is 8.61.